The summed E-state index contributed by atoms with van der Waals surface area (Å²) in [5.41, 5.74) is 5.48. The Labute approximate surface area is 101 Å². The molecule has 1 rings (SSSR count). The number of hydrogen-bond acceptors (Lipinski definition) is 3. The number of nitrogens with one attached hydrogen (secondary N) is 1. The molecular formula is C10H10ClF2N3O. The minimum absolute atomic E-state index is 0.201. The van der Waals surface area contributed by atoms with E-state index in [2.05, 4.69) is 10.3 Å². The third-order valence-corrected chi connectivity index (χ3v) is 2.24. The summed E-state index contributed by atoms with van der Waals surface area (Å²) in [7, 11) is 0. The van der Waals surface area contributed by atoms with Crippen LogP contribution in [0.2, 0.25) is 5.02 Å². The third kappa shape index (κ3) is 3.67. The van der Waals surface area contributed by atoms with E-state index in [1.54, 1.807) is 0 Å². The van der Waals surface area contributed by atoms with Crippen molar-refractivity contribution in [2.24, 2.45) is 10.7 Å². The van der Waals surface area contributed by atoms with Crippen molar-refractivity contribution in [2.45, 2.75) is 12.6 Å². The molecule has 0 spiro atoms. The smallest absolute Gasteiger partial charge is 0.278 e. The predicted molar refractivity (Wildman–Crippen MR) is 62.9 cm³/mol. The van der Waals surface area contributed by atoms with Gasteiger partial charge in [0.2, 0.25) is 0 Å². The average molecular weight is 262 g/mol. The van der Waals surface area contributed by atoms with Gasteiger partial charge >= 0.3 is 0 Å². The maximum Gasteiger partial charge on any atom is 0.278 e. The molecule has 1 unspecified atom stereocenters. The monoisotopic (exact) mass is 261 g/mol. The number of carbonyl (C=O) groups excluding carboxylic acids is 1. The van der Waals surface area contributed by atoms with Crippen molar-refractivity contribution in [2.75, 3.05) is 5.32 Å². The molecule has 0 radical (unpaired) electrons. The summed E-state index contributed by atoms with van der Waals surface area (Å²) in [6, 6.07) is 4.27. The summed E-state index contributed by atoms with van der Waals surface area (Å²) in [6.07, 6.45) is -2.88. The number of rotatable bonds is 5. The van der Waals surface area contributed by atoms with Crippen molar-refractivity contribution < 1.29 is 13.6 Å². The van der Waals surface area contributed by atoms with Gasteiger partial charge < -0.3 is 11.1 Å². The lowest BCUT2D eigenvalue weighted by atomic mass is 10.2. The van der Waals surface area contributed by atoms with E-state index < -0.39 is 12.6 Å². The van der Waals surface area contributed by atoms with Gasteiger partial charge in [0.15, 0.2) is 6.17 Å². The van der Waals surface area contributed by atoms with Gasteiger partial charge in [-0.15, -0.1) is 0 Å². The van der Waals surface area contributed by atoms with Gasteiger partial charge in [-0.05, 0) is 12.1 Å². The molecule has 0 amide bonds. The van der Waals surface area contributed by atoms with Crippen LogP contribution in [-0.4, -0.2) is 25.2 Å². The van der Waals surface area contributed by atoms with E-state index in [4.69, 9.17) is 17.3 Å². The fourth-order valence-corrected chi connectivity index (χ4v) is 1.32. The number of aldehydes is 1. The number of carbonyl (C=O) groups is 1. The molecule has 0 saturated heterocycles. The van der Waals surface area contributed by atoms with Crippen LogP contribution in [0.1, 0.15) is 10.4 Å². The van der Waals surface area contributed by atoms with Crippen LogP contribution in [0.15, 0.2) is 23.2 Å². The van der Waals surface area contributed by atoms with Crippen LogP contribution in [-0.2, 0) is 0 Å². The second-order valence-electron chi connectivity index (χ2n) is 3.08. The maximum atomic E-state index is 12.5. The highest BCUT2D eigenvalue weighted by Gasteiger charge is 2.19. The first-order chi connectivity index (χ1) is 8.08. The fraction of sp³-hybridized carbons (Fsp3) is 0.200. The molecular weight excluding hydrogens is 252 g/mol. The van der Waals surface area contributed by atoms with Gasteiger partial charge in [-0.2, -0.15) is 0 Å². The van der Waals surface area contributed by atoms with Gasteiger partial charge in [-0.1, -0.05) is 17.7 Å². The molecule has 0 aliphatic carbocycles. The first kappa shape index (κ1) is 13.4. The minimum atomic E-state index is -2.74. The van der Waals surface area contributed by atoms with E-state index in [0.29, 0.717) is 11.8 Å². The number of nitrogens with two attached hydrogens (primary N) is 1. The molecule has 17 heavy (non-hydrogen) atoms. The van der Waals surface area contributed by atoms with Gasteiger partial charge in [0.05, 0.1) is 17.0 Å². The number of anilines is 1. The lowest BCUT2D eigenvalue weighted by molar-refractivity contribution is 0.112. The summed E-state index contributed by atoms with van der Waals surface area (Å²) in [5, 5.41) is 2.62. The molecule has 1 aromatic rings. The molecule has 7 heteroatoms. The molecule has 0 heterocycles. The number of aliphatic imine (C=N–C) groups is 1. The first-order valence-electron chi connectivity index (χ1n) is 4.61. The molecule has 0 saturated carbocycles. The van der Waals surface area contributed by atoms with Gasteiger partial charge in [0, 0.05) is 5.56 Å². The molecule has 0 bridgehead atoms. The second-order valence-corrected chi connectivity index (χ2v) is 3.49. The van der Waals surface area contributed by atoms with Crippen molar-refractivity contribution in [1.82, 2.24) is 0 Å². The Hall–Kier alpha value is -1.69. The lowest BCUT2D eigenvalue weighted by Crippen LogP contribution is -2.26. The zero-order valence-electron chi connectivity index (χ0n) is 8.61. The molecule has 4 nitrogen and oxygen atoms in total. The van der Waals surface area contributed by atoms with Gasteiger partial charge in [0.1, 0.15) is 6.29 Å². The summed E-state index contributed by atoms with van der Waals surface area (Å²) < 4.78 is 25.1. The number of nitrogens with zero attached hydrogens (tertiary/aromatic N) is 1. The predicted octanol–water partition coefficient (Wildman–Crippen LogP) is 2.14. The number of hydrogen-bond donors (Lipinski definition) is 2. The van der Waals surface area contributed by atoms with Gasteiger partial charge in [-0.25, -0.2) is 13.8 Å². The molecule has 1 aromatic carbocycles. The highest BCUT2D eigenvalue weighted by atomic mass is 35.5. The molecule has 3 N–H and O–H groups in total. The summed E-state index contributed by atoms with van der Waals surface area (Å²) in [4.78, 5) is 13.9. The Morgan fingerprint density at radius 2 is 2.18 bits per heavy atom. The van der Waals surface area contributed by atoms with Crippen molar-refractivity contribution in [3.05, 3.63) is 28.8 Å². The van der Waals surface area contributed by atoms with E-state index in [1.807, 2.05) is 0 Å². The summed E-state index contributed by atoms with van der Waals surface area (Å²) >= 11 is 5.80. The molecule has 92 valence electrons. The molecule has 0 fully saturated rings. The Kier molecular flexibility index (Phi) is 4.84. The Balaban J connectivity index is 2.95. The van der Waals surface area contributed by atoms with Crippen LogP contribution >= 0.6 is 11.6 Å². The summed E-state index contributed by atoms with van der Waals surface area (Å²) in [6.45, 7) is 0. The zero-order valence-corrected chi connectivity index (χ0v) is 9.36. The highest BCUT2D eigenvalue weighted by Crippen LogP contribution is 2.24. The largest absolute Gasteiger partial charge is 0.390 e. The summed E-state index contributed by atoms with van der Waals surface area (Å²) in [5.74, 6) is 0. The molecule has 1 atom stereocenters. The van der Waals surface area contributed by atoms with Crippen LogP contribution in [0.3, 0.4) is 0 Å². The Bertz CT molecular complexity index is 426. The fourth-order valence-electron chi connectivity index (χ4n) is 1.14. The lowest BCUT2D eigenvalue weighted by Gasteiger charge is -2.15. The van der Waals surface area contributed by atoms with Crippen LogP contribution in [0, 0.1) is 0 Å². The van der Waals surface area contributed by atoms with Crippen molar-refractivity contribution in [3.63, 3.8) is 0 Å². The second kappa shape index (κ2) is 6.15. The van der Waals surface area contributed by atoms with E-state index >= 15 is 0 Å². The maximum absolute atomic E-state index is 12.5. The molecule has 0 aromatic heterocycles. The minimum Gasteiger partial charge on any atom is -0.390 e. The van der Waals surface area contributed by atoms with E-state index in [0.717, 1.165) is 6.34 Å². The van der Waals surface area contributed by atoms with E-state index in [9.17, 15) is 13.6 Å². The standard InChI is InChI=1S/C10H10ClF2N3O/c11-7-2-1-6(4-17)3-8(7)16-10(9(12)13)15-5-14/h1-5,9-10,16H,(H2,14,15). The van der Waals surface area contributed by atoms with E-state index in [-0.39, 0.29) is 10.7 Å². The topological polar surface area (TPSA) is 67.5 Å². The molecule has 0 aliphatic heterocycles. The molecule has 0 aliphatic rings. The van der Waals surface area contributed by atoms with Crippen molar-refractivity contribution in [1.29, 1.82) is 0 Å². The van der Waals surface area contributed by atoms with Crippen LogP contribution < -0.4 is 11.1 Å². The van der Waals surface area contributed by atoms with Crippen molar-refractivity contribution in [3.8, 4) is 0 Å². The van der Waals surface area contributed by atoms with Crippen LogP contribution in [0.25, 0.3) is 0 Å². The highest BCUT2D eigenvalue weighted by molar-refractivity contribution is 6.33. The van der Waals surface area contributed by atoms with Crippen molar-refractivity contribution >= 4 is 29.9 Å². The SMILES string of the molecule is N/C=N\C(Nc1cc(C=O)ccc1Cl)C(F)F. The number of alkyl halides is 2. The Morgan fingerprint density at radius 3 is 2.71 bits per heavy atom. The van der Waals surface area contributed by atoms with Crippen LogP contribution in [0.4, 0.5) is 14.5 Å². The average Bonchev–Trinajstić information content (AvgIpc) is 2.31. The van der Waals surface area contributed by atoms with Crippen LogP contribution in [0.5, 0.6) is 0 Å². The first-order valence-corrected chi connectivity index (χ1v) is 4.99. The third-order valence-electron chi connectivity index (χ3n) is 1.92. The zero-order chi connectivity index (χ0) is 12.8. The Morgan fingerprint density at radius 1 is 1.47 bits per heavy atom. The van der Waals surface area contributed by atoms with Gasteiger partial charge in [0.25, 0.3) is 6.43 Å². The van der Waals surface area contributed by atoms with E-state index in [1.165, 1.54) is 18.2 Å². The van der Waals surface area contributed by atoms with Gasteiger partial charge in [-0.3, -0.25) is 4.79 Å². The number of halogens is 3. The quantitative estimate of drug-likeness (QED) is 0.485. The normalized spacial score (nSPS) is 12.9. The number of benzene rings is 1.